The van der Waals surface area contributed by atoms with E-state index in [0.29, 0.717) is 5.02 Å². The Hall–Kier alpha value is -0.750. The van der Waals surface area contributed by atoms with Gasteiger partial charge >= 0.3 is 0 Å². The molecule has 3 N–H and O–H groups in total. The summed E-state index contributed by atoms with van der Waals surface area (Å²) in [6.45, 7) is 3.03. The molecule has 1 aromatic carbocycles. The molecule has 1 amide bonds. The summed E-state index contributed by atoms with van der Waals surface area (Å²) >= 11 is 7.88. The van der Waals surface area contributed by atoms with E-state index >= 15 is 0 Å². The number of anilines is 1. The number of hydrogen-bond acceptors (Lipinski definition) is 4. The molecule has 20 heavy (non-hydrogen) atoms. The average Bonchev–Trinajstić information content (AvgIpc) is 2.72. The van der Waals surface area contributed by atoms with Crippen molar-refractivity contribution in [3.63, 3.8) is 0 Å². The molecule has 0 aliphatic carbocycles. The highest BCUT2D eigenvalue weighted by Crippen LogP contribution is 2.38. The number of aliphatic hydroxyl groups excluding tert-OH is 1. The predicted molar refractivity (Wildman–Crippen MR) is 83.5 cm³/mol. The van der Waals surface area contributed by atoms with Crippen LogP contribution in [0.4, 0.5) is 5.69 Å². The minimum Gasteiger partial charge on any atom is -0.396 e. The number of carbonyl (C=O) groups excluding carboxylic acids is 1. The van der Waals surface area contributed by atoms with Gasteiger partial charge in [0.2, 0.25) is 5.91 Å². The molecule has 1 aliphatic heterocycles. The van der Waals surface area contributed by atoms with E-state index in [1.807, 2.05) is 12.1 Å². The number of fused-ring (bicyclic) bond motifs is 1. The fourth-order valence-corrected chi connectivity index (χ4v) is 3.34. The van der Waals surface area contributed by atoms with Crippen molar-refractivity contribution in [1.29, 1.82) is 0 Å². The third kappa shape index (κ3) is 3.47. The molecule has 1 unspecified atom stereocenters. The Kier molecular flexibility index (Phi) is 5.72. The molecule has 0 fully saturated rings. The van der Waals surface area contributed by atoms with Gasteiger partial charge in [0.1, 0.15) is 6.04 Å². The maximum atomic E-state index is 12.0. The maximum Gasteiger partial charge on any atom is 0.246 e. The van der Waals surface area contributed by atoms with Gasteiger partial charge in [-0.25, -0.2) is 0 Å². The number of hydrogen-bond donors (Lipinski definition) is 3. The summed E-state index contributed by atoms with van der Waals surface area (Å²) in [6.07, 6.45) is 1.70. The second kappa shape index (κ2) is 7.31. The topological polar surface area (TPSA) is 61.4 Å². The minimum atomic E-state index is -0.307. The van der Waals surface area contributed by atoms with E-state index in [1.54, 1.807) is 11.8 Å². The van der Waals surface area contributed by atoms with Gasteiger partial charge < -0.3 is 15.7 Å². The standard InChI is InChI=1S/C14H19ClN2O2S/c1-2-4-16-13-9-7-10(15)12(20-6-3-5-18)8-11(9)17-14(13)19/h7-8,13,16,18H,2-6H2,1H3,(H,17,19). The first kappa shape index (κ1) is 15.6. The van der Waals surface area contributed by atoms with Gasteiger partial charge in [0.25, 0.3) is 0 Å². The lowest BCUT2D eigenvalue weighted by atomic mass is 10.1. The number of aliphatic hydroxyl groups is 1. The van der Waals surface area contributed by atoms with Crippen LogP contribution in [0.1, 0.15) is 31.4 Å². The van der Waals surface area contributed by atoms with Crippen molar-refractivity contribution in [2.24, 2.45) is 0 Å². The zero-order chi connectivity index (χ0) is 14.5. The fraction of sp³-hybridized carbons (Fsp3) is 0.500. The number of amides is 1. The Bertz CT molecular complexity index is 496. The van der Waals surface area contributed by atoms with Crippen LogP contribution in [0.25, 0.3) is 0 Å². The normalized spacial score (nSPS) is 17.1. The van der Waals surface area contributed by atoms with Crippen LogP contribution >= 0.6 is 23.4 Å². The average molecular weight is 315 g/mol. The van der Waals surface area contributed by atoms with Gasteiger partial charge in [-0.3, -0.25) is 4.79 Å². The van der Waals surface area contributed by atoms with Gasteiger partial charge in [-0.15, -0.1) is 11.8 Å². The Labute approximate surface area is 128 Å². The number of benzene rings is 1. The number of halogens is 1. The van der Waals surface area contributed by atoms with Crippen molar-refractivity contribution in [3.05, 3.63) is 22.7 Å². The van der Waals surface area contributed by atoms with Gasteiger partial charge in [-0.2, -0.15) is 0 Å². The summed E-state index contributed by atoms with van der Waals surface area (Å²) in [4.78, 5) is 12.9. The zero-order valence-corrected chi connectivity index (χ0v) is 13.0. The van der Waals surface area contributed by atoms with Crippen LogP contribution < -0.4 is 10.6 Å². The van der Waals surface area contributed by atoms with E-state index in [0.717, 1.165) is 41.3 Å². The highest BCUT2D eigenvalue weighted by molar-refractivity contribution is 7.99. The Morgan fingerprint density at radius 3 is 3.00 bits per heavy atom. The van der Waals surface area contributed by atoms with Gasteiger partial charge in [0.05, 0.1) is 5.02 Å². The largest absolute Gasteiger partial charge is 0.396 e. The number of nitrogens with one attached hydrogen (secondary N) is 2. The zero-order valence-electron chi connectivity index (χ0n) is 11.4. The Balaban J connectivity index is 2.16. The summed E-state index contributed by atoms with van der Waals surface area (Å²) in [5.74, 6) is 0.780. The van der Waals surface area contributed by atoms with Crippen LogP contribution in [-0.4, -0.2) is 29.9 Å². The fourth-order valence-electron chi connectivity index (χ4n) is 2.11. The summed E-state index contributed by atoms with van der Waals surface area (Å²) in [5, 5.41) is 15.6. The molecule has 0 radical (unpaired) electrons. The molecule has 0 bridgehead atoms. The second-order valence-corrected chi connectivity index (χ2v) is 6.22. The molecule has 0 saturated carbocycles. The first-order chi connectivity index (χ1) is 9.67. The van der Waals surface area contributed by atoms with Crippen molar-refractivity contribution < 1.29 is 9.90 Å². The van der Waals surface area contributed by atoms with Gasteiger partial charge in [0, 0.05) is 28.5 Å². The van der Waals surface area contributed by atoms with E-state index in [1.165, 1.54) is 0 Å². The van der Waals surface area contributed by atoms with Crippen LogP contribution in [0, 0.1) is 0 Å². The molecular formula is C14H19ClN2O2S. The maximum absolute atomic E-state index is 12.0. The molecule has 110 valence electrons. The third-order valence-electron chi connectivity index (χ3n) is 3.09. The molecule has 4 nitrogen and oxygen atoms in total. The molecule has 0 saturated heterocycles. The molecule has 0 aromatic heterocycles. The van der Waals surface area contributed by atoms with Crippen LogP contribution in [0.3, 0.4) is 0 Å². The Morgan fingerprint density at radius 2 is 2.30 bits per heavy atom. The third-order valence-corrected chi connectivity index (χ3v) is 4.66. The molecule has 1 aliphatic rings. The lowest BCUT2D eigenvalue weighted by Gasteiger charge is -2.11. The van der Waals surface area contributed by atoms with Crippen LogP contribution in [-0.2, 0) is 4.79 Å². The quantitative estimate of drug-likeness (QED) is 0.535. The second-order valence-electron chi connectivity index (χ2n) is 4.67. The SMILES string of the molecule is CCCNC1C(=O)Nc2cc(SCCCO)c(Cl)cc21. The highest BCUT2D eigenvalue weighted by Gasteiger charge is 2.30. The smallest absolute Gasteiger partial charge is 0.246 e. The molecule has 1 heterocycles. The minimum absolute atomic E-state index is 0.0259. The number of thioether (sulfide) groups is 1. The number of carbonyl (C=O) groups is 1. The van der Waals surface area contributed by atoms with Crippen molar-refractivity contribution in [2.45, 2.75) is 30.7 Å². The van der Waals surface area contributed by atoms with Crippen molar-refractivity contribution in [1.82, 2.24) is 5.32 Å². The monoisotopic (exact) mass is 314 g/mol. The van der Waals surface area contributed by atoms with Crippen LogP contribution in [0.5, 0.6) is 0 Å². The first-order valence-corrected chi connectivity index (χ1v) is 8.15. The van der Waals surface area contributed by atoms with Crippen molar-refractivity contribution in [3.8, 4) is 0 Å². The predicted octanol–water partition coefficient (Wildman–Crippen LogP) is 2.81. The van der Waals surface area contributed by atoms with Crippen molar-refractivity contribution in [2.75, 3.05) is 24.2 Å². The van der Waals surface area contributed by atoms with Gasteiger partial charge in [-0.05, 0) is 31.5 Å². The Morgan fingerprint density at radius 1 is 1.50 bits per heavy atom. The van der Waals surface area contributed by atoms with E-state index in [9.17, 15) is 4.79 Å². The summed E-state index contributed by atoms with van der Waals surface area (Å²) in [5.41, 5.74) is 1.75. The molecular weight excluding hydrogens is 296 g/mol. The molecule has 2 rings (SSSR count). The number of rotatable bonds is 7. The van der Waals surface area contributed by atoms with Crippen LogP contribution in [0.2, 0.25) is 5.02 Å². The molecule has 6 heteroatoms. The van der Waals surface area contributed by atoms with E-state index < -0.39 is 0 Å². The highest BCUT2D eigenvalue weighted by atomic mass is 35.5. The van der Waals surface area contributed by atoms with Crippen molar-refractivity contribution >= 4 is 35.0 Å². The molecule has 1 atom stereocenters. The lowest BCUT2D eigenvalue weighted by Crippen LogP contribution is -2.27. The summed E-state index contributed by atoms with van der Waals surface area (Å²) in [6, 6.07) is 3.48. The summed E-state index contributed by atoms with van der Waals surface area (Å²) in [7, 11) is 0. The summed E-state index contributed by atoms with van der Waals surface area (Å²) < 4.78 is 0. The molecule has 1 aromatic rings. The van der Waals surface area contributed by atoms with E-state index in [-0.39, 0.29) is 18.6 Å². The van der Waals surface area contributed by atoms with E-state index in [4.69, 9.17) is 16.7 Å². The van der Waals surface area contributed by atoms with Gasteiger partial charge in [-0.1, -0.05) is 18.5 Å². The van der Waals surface area contributed by atoms with Crippen LogP contribution in [0.15, 0.2) is 17.0 Å². The van der Waals surface area contributed by atoms with Gasteiger partial charge in [0.15, 0.2) is 0 Å². The van der Waals surface area contributed by atoms with E-state index in [2.05, 4.69) is 17.6 Å². The molecule has 0 spiro atoms. The first-order valence-electron chi connectivity index (χ1n) is 6.78. The lowest BCUT2D eigenvalue weighted by molar-refractivity contribution is -0.117.